The lowest BCUT2D eigenvalue weighted by molar-refractivity contribution is -0.383. The lowest BCUT2D eigenvalue weighted by Gasteiger charge is -2.24. The minimum Gasteiger partial charge on any atom is -0.392 e. The van der Waals surface area contributed by atoms with Crippen LogP contribution in [0.1, 0.15) is 37.6 Å². The minimum atomic E-state index is -0.636. The van der Waals surface area contributed by atoms with Crippen molar-refractivity contribution in [3.8, 4) is 0 Å². The third-order valence-corrected chi connectivity index (χ3v) is 3.76. The number of nitrogens with zero attached hydrogens (tertiary/aromatic N) is 2. The fraction of sp³-hybridized carbons (Fsp3) is 0.500. The molecule has 0 aliphatic rings. The van der Waals surface area contributed by atoms with Crippen LogP contribution in [0, 0.1) is 16.0 Å². The molecule has 6 nitrogen and oxygen atoms in total. The van der Waals surface area contributed by atoms with Crippen molar-refractivity contribution in [1.29, 1.82) is 0 Å². The zero-order valence-electron chi connectivity index (χ0n) is 12.4. The first kappa shape index (κ1) is 17.2. The predicted octanol–water partition coefficient (Wildman–Crippen LogP) is 3.34. The van der Waals surface area contributed by atoms with E-state index in [-0.39, 0.29) is 27.9 Å². The Bertz CT molecular complexity index is 549. The van der Waals surface area contributed by atoms with Gasteiger partial charge in [-0.25, -0.2) is 0 Å². The second-order valence-electron chi connectivity index (χ2n) is 5.01. The summed E-state index contributed by atoms with van der Waals surface area (Å²) in [4.78, 5) is 24.4. The Hall–Kier alpha value is -1.82. The second-order valence-corrected chi connectivity index (χ2v) is 5.41. The molecular formula is C14H20ClN3O3. The highest BCUT2D eigenvalue weighted by Gasteiger charge is 2.22. The molecule has 2 N–H and O–H groups in total. The van der Waals surface area contributed by atoms with Crippen molar-refractivity contribution in [2.45, 2.75) is 27.2 Å². The Morgan fingerprint density at radius 1 is 1.48 bits per heavy atom. The molecule has 0 saturated carbocycles. The van der Waals surface area contributed by atoms with Gasteiger partial charge in [0.15, 0.2) is 0 Å². The standard InChI is InChI=1S/C14H20ClN3O3/c1-4-9(3)8-17(5-2)14(19)10-6-11(15)13(16)12(7-10)18(20)21/h6-7,9H,4-5,8,16H2,1-3H3. The van der Waals surface area contributed by atoms with E-state index >= 15 is 0 Å². The van der Waals surface area contributed by atoms with Crippen LogP contribution >= 0.6 is 11.6 Å². The number of halogens is 1. The van der Waals surface area contributed by atoms with Crippen molar-refractivity contribution in [2.75, 3.05) is 18.8 Å². The first-order chi connectivity index (χ1) is 9.81. The molecule has 0 heterocycles. The second kappa shape index (κ2) is 7.26. The molecule has 0 radical (unpaired) electrons. The average molecular weight is 314 g/mol. The molecule has 1 atom stereocenters. The third kappa shape index (κ3) is 4.07. The smallest absolute Gasteiger partial charge is 0.294 e. The van der Waals surface area contributed by atoms with E-state index in [0.29, 0.717) is 19.0 Å². The summed E-state index contributed by atoms with van der Waals surface area (Å²) >= 11 is 5.89. The van der Waals surface area contributed by atoms with Gasteiger partial charge in [0.25, 0.3) is 11.6 Å². The van der Waals surface area contributed by atoms with Crippen molar-refractivity contribution in [2.24, 2.45) is 5.92 Å². The highest BCUT2D eigenvalue weighted by molar-refractivity contribution is 6.34. The van der Waals surface area contributed by atoms with Gasteiger partial charge in [-0.15, -0.1) is 0 Å². The molecule has 116 valence electrons. The molecule has 0 aromatic heterocycles. The van der Waals surface area contributed by atoms with Crippen LogP contribution < -0.4 is 5.73 Å². The predicted molar refractivity (Wildman–Crippen MR) is 83.6 cm³/mol. The molecule has 1 unspecified atom stereocenters. The average Bonchev–Trinajstić information content (AvgIpc) is 2.45. The van der Waals surface area contributed by atoms with E-state index in [4.69, 9.17) is 17.3 Å². The molecule has 0 fully saturated rings. The fourth-order valence-electron chi connectivity index (χ4n) is 1.92. The van der Waals surface area contributed by atoms with Crippen molar-refractivity contribution in [3.05, 3.63) is 32.8 Å². The first-order valence-electron chi connectivity index (χ1n) is 6.84. The molecule has 0 bridgehead atoms. The lowest BCUT2D eigenvalue weighted by atomic mass is 10.1. The summed E-state index contributed by atoms with van der Waals surface area (Å²) in [7, 11) is 0. The number of hydrogen-bond acceptors (Lipinski definition) is 4. The number of amides is 1. The van der Waals surface area contributed by atoms with Crippen LogP contribution in [0.2, 0.25) is 5.02 Å². The molecule has 21 heavy (non-hydrogen) atoms. The van der Waals surface area contributed by atoms with Gasteiger partial charge in [0.1, 0.15) is 5.69 Å². The van der Waals surface area contributed by atoms with Crippen molar-refractivity contribution in [1.82, 2.24) is 4.90 Å². The summed E-state index contributed by atoms with van der Waals surface area (Å²) in [5.41, 5.74) is 5.29. The molecule has 1 rings (SSSR count). The minimum absolute atomic E-state index is 0.0205. The first-order valence-corrected chi connectivity index (χ1v) is 7.22. The number of nitrogens with two attached hydrogens (primary N) is 1. The molecule has 0 aliphatic heterocycles. The van der Waals surface area contributed by atoms with E-state index < -0.39 is 4.92 Å². The van der Waals surface area contributed by atoms with E-state index in [1.807, 2.05) is 20.8 Å². The topological polar surface area (TPSA) is 89.5 Å². The Morgan fingerprint density at radius 3 is 2.57 bits per heavy atom. The largest absolute Gasteiger partial charge is 0.392 e. The maximum atomic E-state index is 12.5. The third-order valence-electron chi connectivity index (χ3n) is 3.45. The molecule has 0 saturated heterocycles. The Balaban J connectivity index is 3.14. The van der Waals surface area contributed by atoms with Gasteiger partial charge in [0, 0.05) is 24.7 Å². The van der Waals surface area contributed by atoms with Gasteiger partial charge in [0.05, 0.1) is 9.95 Å². The number of benzene rings is 1. The highest BCUT2D eigenvalue weighted by Crippen LogP contribution is 2.31. The summed E-state index contributed by atoms with van der Waals surface area (Å²) in [6, 6.07) is 2.56. The molecule has 1 aromatic rings. The van der Waals surface area contributed by atoms with E-state index in [9.17, 15) is 14.9 Å². The molecule has 7 heteroatoms. The lowest BCUT2D eigenvalue weighted by Crippen LogP contribution is -2.34. The van der Waals surface area contributed by atoms with Gasteiger partial charge < -0.3 is 10.6 Å². The van der Waals surface area contributed by atoms with Crippen molar-refractivity contribution < 1.29 is 9.72 Å². The quantitative estimate of drug-likeness (QED) is 0.495. The van der Waals surface area contributed by atoms with Gasteiger partial charge >= 0.3 is 0 Å². The number of nitro benzene ring substituents is 1. The van der Waals surface area contributed by atoms with Gasteiger partial charge in [-0.2, -0.15) is 0 Å². The maximum absolute atomic E-state index is 12.5. The SMILES string of the molecule is CCC(C)CN(CC)C(=O)c1cc(Cl)c(N)c([N+](=O)[O-])c1. The van der Waals surface area contributed by atoms with Crippen LogP contribution in [0.3, 0.4) is 0 Å². The summed E-state index contributed by atoms with van der Waals surface area (Å²) in [5, 5.41) is 11.0. The van der Waals surface area contributed by atoms with Gasteiger partial charge in [-0.1, -0.05) is 31.9 Å². The summed E-state index contributed by atoms with van der Waals surface area (Å²) < 4.78 is 0. The molecule has 0 spiro atoms. The highest BCUT2D eigenvalue weighted by atomic mass is 35.5. The van der Waals surface area contributed by atoms with E-state index in [2.05, 4.69) is 0 Å². The monoisotopic (exact) mass is 313 g/mol. The number of nitrogen functional groups attached to an aromatic ring is 1. The summed E-state index contributed by atoms with van der Waals surface area (Å²) in [6.07, 6.45) is 0.951. The zero-order valence-corrected chi connectivity index (χ0v) is 13.2. The number of hydrogen-bond donors (Lipinski definition) is 1. The Labute approximate surface area is 129 Å². The maximum Gasteiger partial charge on any atom is 0.294 e. The number of nitro groups is 1. The number of rotatable bonds is 6. The van der Waals surface area contributed by atoms with Crippen LogP contribution in [0.15, 0.2) is 12.1 Å². The molecule has 0 aliphatic carbocycles. The molecular weight excluding hydrogens is 294 g/mol. The van der Waals surface area contributed by atoms with Crippen LogP contribution in [0.4, 0.5) is 11.4 Å². The van der Waals surface area contributed by atoms with E-state index in [0.717, 1.165) is 6.42 Å². The normalized spacial score (nSPS) is 12.0. The molecule has 1 amide bonds. The van der Waals surface area contributed by atoms with Crippen molar-refractivity contribution >= 4 is 28.9 Å². The number of anilines is 1. The van der Waals surface area contributed by atoms with Gasteiger partial charge in [-0.3, -0.25) is 14.9 Å². The van der Waals surface area contributed by atoms with Crippen LogP contribution in [0.5, 0.6) is 0 Å². The van der Waals surface area contributed by atoms with Crippen LogP contribution in [0.25, 0.3) is 0 Å². The van der Waals surface area contributed by atoms with Crippen LogP contribution in [-0.4, -0.2) is 28.8 Å². The Morgan fingerprint density at radius 2 is 2.10 bits per heavy atom. The molecule has 1 aromatic carbocycles. The zero-order chi connectivity index (χ0) is 16.2. The van der Waals surface area contributed by atoms with Gasteiger partial charge in [0.2, 0.25) is 0 Å². The number of carbonyl (C=O) groups excluding carboxylic acids is 1. The summed E-state index contributed by atoms with van der Waals surface area (Å²) in [5.74, 6) is 0.0796. The van der Waals surface area contributed by atoms with Crippen LogP contribution in [-0.2, 0) is 0 Å². The van der Waals surface area contributed by atoms with E-state index in [1.54, 1.807) is 4.90 Å². The summed E-state index contributed by atoms with van der Waals surface area (Å²) in [6.45, 7) is 7.09. The Kier molecular flexibility index (Phi) is 5.96. The fourth-order valence-corrected chi connectivity index (χ4v) is 2.14. The number of carbonyl (C=O) groups is 1. The van der Waals surface area contributed by atoms with Crippen molar-refractivity contribution in [3.63, 3.8) is 0 Å². The van der Waals surface area contributed by atoms with Gasteiger partial charge in [-0.05, 0) is 18.9 Å². The van der Waals surface area contributed by atoms with E-state index in [1.165, 1.54) is 12.1 Å².